The molecule has 36 heavy (non-hydrogen) atoms. The lowest BCUT2D eigenvalue weighted by atomic mass is 10.0. The zero-order valence-electron chi connectivity index (χ0n) is 19.6. The summed E-state index contributed by atoms with van der Waals surface area (Å²) in [5.74, 6) is 1.02. The molecule has 12 heteroatoms. The first-order valence-electron chi connectivity index (χ1n) is 11.1. The van der Waals surface area contributed by atoms with Crippen LogP contribution in [0.3, 0.4) is 0 Å². The number of carbonyl (C=O) groups excluding carboxylic acids is 1. The lowest BCUT2D eigenvalue weighted by molar-refractivity contribution is -0.137. The summed E-state index contributed by atoms with van der Waals surface area (Å²) < 4.78 is 39.1. The van der Waals surface area contributed by atoms with E-state index in [0.717, 1.165) is 23.9 Å². The number of fused-ring (bicyclic) bond motifs is 3. The molecule has 0 saturated heterocycles. The van der Waals surface area contributed by atoms with E-state index >= 15 is 0 Å². The van der Waals surface area contributed by atoms with Crippen LogP contribution in [0.2, 0.25) is 0 Å². The SMILES string of the molecule is CNc1ncc2c(n1)N1CC(C)N=C1C(c1cc(NC(=O)c3cc(C(F)(F)F)ccn3)ccc1C)=N2. The summed E-state index contributed by atoms with van der Waals surface area (Å²) >= 11 is 0. The van der Waals surface area contributed by atoms with Crippen molar-refractivity contribution in [2.45, 2.75) is 26.1 Å². The molecule has 0 bridgehead atoms. The standard InChI is InChI=1S/C24H21F3N8O/c1-12-4-5-15(32-22(36)17-8-14(6-7-29-17)24(25,26)27)9-16(12)19-21-31-13(2)11-35(21)20-18(33-19)10-30-23(28-3)34-20/h4-10,13H,11H2,1-3H3,(H,32,36)(H,28,30,34). The highest BCUT2D eigenvalue weighted by Crippen LogP contribution is 2.36. The molecule has 1 atom stereocenters. The van der Waals surface area contributed by atoms with Crippen molar-refractivity contribution in [2.75, 3.05) is 29.1 Å². The smallest absolute Gasteiger partial charge is 0.357 e. The minimum absolute atomic E-state index is 0.0133. The van der Waals surface area contributed by atoms with Crippen molar-refractivity contribution in [3.63, 3.8) is 0 Å². The number of rotatable bonds is 4. The van der Waals surface area contributed by atoms with E-state index in [0.29, 0.717) is 46.8 Å². The van der Waals surface area contributed by atoms with Crippen LogP contribution >= 0.6 is 0 Å². The Hall–Kier alpha value is -4.35. The van der Waals surface area contributed by atoms with Crippen LogP contribution in [0.25, 0.3) is 0 Å². The van der Waals surface area contributed by atoms with Gasteiger partial charge in [-0.1, -0.05) is 6.07 Å². The highest BCUT2D eigenvalue weighted by molar-refractivity contribution is 6.54. The Bertz CT molecular complexity index is 1430. The highest BCUT2D eigenvalue weighted by atomic mass is 19.4. The quantitative estimate of drug-likeness (QED) is 0.562. The van der Waals surface area contributed by atoms with Crippen LogP contribution in [0.5, 0.6) is 0 Å². The number of aryl methyl sites for hydroxylation is 1. The molecule has 0 radical (unpaired) electrons. The molecule has 184 valence electrons. The van der Waals surface area contributed by atoms with Crippen molar-refractivity contribution in [3.05, 3.63) is 65.1 Å². The van der Waals surface area contributed by atoms with Crippen LogP contribution in [0.15, 0.2) is 52.7 Å². The summed E-state index contributed by atoms with van der Waals surface area (Å²) in [5, 5.41) is 5.56. The average Bonchev–Trinajstić information content (AvgIpc) is 3.25. The third kappa shape index (κ3) is 4.25. The van der Waals surface area contributed by atoms with Crippen LogP contribution in [0, 0.1) is 6.92 Å². The number of hydrogen-bond acceptors (Lipinski definition) is 8. The second-order valence-electron chi connectivity index (χ2n) is 8.44. The van der Waals surface area contributed by atoms with Gasteiger partial charge >= 0.3 is 6.18 Å². The van der Waals surface area contributed by atoms with Gasteiger partial charge in [-0.2, -0.15) is 18.2 Å². The maximum atomic E-state index is 13.0. The lowest BCUT2D eigenvalue weighted by Crippen LogP contribution is -2.38. The topological polar surface area (TPSA) is 108 Å². The summed E-state index contributed by atoms with van der Waals surface area (Å²) in [7, 11) is 1.74. The molecule has 0 saturated carbocycles. The second kappa shape index (κ2) is 8.70. The largest absolute Gasteiger partial charge is 0.416 e. The summed E-state index contributed by atoms with van der Waals surface area (Å²) in [4.78, 5) is 36.8. The molecule has 3 aromatic rings. The number of halogens is 3. The van der Waals surface area contributed by atoms with Crippen molar-refractivity contribution in [1.82, 2.24) is 15.0 Å². The molecular weight excluding hydrogens is 473 g/mol. The molecule has 9 nitrogen and oxygen atoms in total. The van der Waals surface area contributed by atoms with E-state index in [1.54, 1.807) is 31.4 Å². The molecule has 0 aliphatic carbocycles. The Morgan fingerprint density at radius 2 is 1.97 bits per heavy atom. The molecular formula is C24H21F3N8O. The predicted octanol–water partition coefficient (Wildman–Crippen LogP) is 4.23. The molecule has 2 aliphatic heterocycles. The van der Waals surface area contributed by atoms with Gasteiger partial charge in [-0.25, -0.2) is 9.98 Å². The van der Waals surface area contributed by atoms with Crippen LogP contribution in [-0.4, -0.2) is 52.0 Å². The molecule has 1 amide bonds. The number of amidine groups is 1. The Balaban J connectivity index is 1.51. The fourth-order valence-corrected chi connectivity index (χ4v) is 4.04. The number of hydrogen-bond donors (Lipinski definition) is 2. The molecule has 1 unspecified atom stereocenters. The first-order valence-corrected chi connectivity index (χ1v) is 11.1. The van der Waals surface area contributed by atoms with Gasteiger partial charge in [0.1, 0.15) is 17.1 Å². The molecule has 2 N–H and O–H groups in total. The zero-order chi connectivity index (χ0) is 25.6. The van der Waals surface area contributed by atoms with Crippen molar-refractivity contribution in [2.24, 2.45) is 9.98 Å². The van der Waals surface area contributed by atoms with E-state index in [1.165, 1.54) is 0 Å². The van der Waals surface area contributed by atoms with Crippen LogP contribution < -0.4 is 15.5 Å². The minimum Gasteiger partial charge on any atom is -0.357 e. The van der Waals surface area contributed by atoms with Crippen molar-refractivity contribution < 1.29 is 18.0 Å². The lowest BCUT2D eigenvalue weighted by Gasteiger charge is -2.27. The van der Waals surface area contributed by atoms with Gasteiger partial charge in [0, 0.05) is 31.0 Å². The van der Waals surface area contributed by atoms with Crippen molar-refractivity contribution in [1.29, 1.82) is 0 Å². The van der Waals surface area contributed by atoms with Gasteiger partial charge in [-0.05, 0) is 43.7 Å². The first-order chi connectivity index (χ1) is 17.1. The number of carbonyl (C=O) groups is 1. The number of alkyl halides is 3. The number of benzene rings is 1. The molecule has 5 rings (SSSR count). The van der Waals surface area contributed by atoms with E-state index in [2.05, 4.69) is 25.6 Å². The van der Waals surface area contributed by atoms with Gasteiger partial charge in [-0.3, -0.25) is 14.8 Å². The van der Waals surface area contributed by atoms with Gasteiger partial charge in [-0.15, -0.1) is 0 Å². The van der Waals surface area contributed by atoms with Crippen LogP contribution in [0.4, 0.5) is 36.3 Å². The van der Waals surface area contributed by atoms with Gasteiger partial charge in [0.05, 0.1) is 17.8 Å². The Morgan fingerprint density at radius 1 is 1.17 bits per heavy atom. The number of amides is 1. The van der Waals surface area contributed by atoms with E-state index in [9.17, 15) is 18.0 Å². The zero-order valence-corrected chi connectivity index (χ0v) is 19.6. The van der Waals surface area contributed by atoms with Gasteiger partial charge in [0.25, 0.3) is 5.91 Å². The highest BCUT2D eigenvalue weighted by Gasteiger charge is 2.35. The van der Waals surface area contributed by atoms with Gasteiger partial charge < -0.3 is 15.5 Å². The normalized spacial score (nSPS) is 16.6. The summed E-state index contributed by atoms with van der Waals surface area (Å²) in [6.07, 6.45) is -1.98. The predicted molar refractivity (Wildman–Crippen MR) is 130 cm³/mol. The fraction of sp³-hybridized carbons (Fsp3) is 0.250. The van der Waals surface area contributed by atoms with E-state index < -0.39 is 17.6 Å². The van der Waals surface area contributed by atoms with E-state index in [4.69, 9.17) is 9.98 Å². The second-order valence-corrected chi connectivity index (χ2v) is 8.44. The monoisotopic (exact) mass is 494 g/mol. The maximum Gasteiger partial charge on any atom is 0.416 e. The van der Waals surface area contributed by atoms with Crippen LogP contribution in [0.1, 0.15) is 34.1 Å². The molecule has 4 heterocycles. The molecule has 2 aliphatic rings. The third-order valence-corrected chi connectivity index (χ3v) is 5.79. The number of nitrogens with zero attached hydrogens (tertiary/aromatic N) is 6. The van der Waals surface area contributed by atoms with E-state index in [-0.39, 0.29) is 11.7 Å². The maximum absolute atomic E-state index is 13.0. The van der Waals surface area contributed by atoms with E-state index in [1.807, 2.05) is 18.7 Å². The molecule has 0 spiro atoms. The fourth-order valence-electron chi connectivity index (χ4n) is 4.04. The Kier molecular flexibility index (Phi) is 5.65. The van der Waals surface area contributed by atoms with Gasteiger partial charge in [0.2, 0.25) is 5.95 Å². The number of aliphatic imine (C=N–C) groups is 2. The minimum atomic E-state index is -4.58. The Morgan fingerprint density at radius 3 is 2.72 bits per heavy atom. The number of nitrogens with one attached hydrogen (secondary N) is 2. The Labute approximate surface area is 204 Å². The molecule has 2 aromatic heterocycles. The van der Waals surface area contributed by atoms with Crippen LogP contribution in [-0.2, 0) is 6.18 Å². The first kappa shape index (κ1) is 23.4. The summed E-state index contributed by atoms with van der Waals surface area (Å²) in [5.41, 5.74) is 1.87. The number of aromatic nitrogens is 3. The molecule has 1 aromatic carbocycles. The molecule has 0 fully saturated rings. The van der Waals surface area contributed by atoms with Gasteiger partial charge in [0.15, 0.2) is 11.7 Å². The average molecular weight is 494 g/mol. The number of anilines is 3. The van der Waals surface area contributed by atoms with Crippen molar-refractivity contribution >= 4 is 40.6 Å². The summed E-state index contributed by atoms with van der Waals surface area (Å²) in [6.45, 7) is 4.52. The van der Waals surface area contributed by atoms with Crippen molar-refractivity contribution in [3.8, 4) is 0 Å². The number of pyridine rings is 1. The summed E-state index contributed by atoms with van der Waals surface area (Å²) in [6, 6.07) is 6.74. The third-order valence-electron chi connectivity index (χ3n) is 5.79.